The number of hydrogen-bond donors (Lipinski definition) is 6. The van der Waals surface area contributed by atoms with Crippen LogP contribution in [0.2, 0.25) is 0 Å². The molecule has 0 bridgehead atoms. The van der Waals surface area contributed by atoms with Gasteiger partial charge in [0.1, 0.15) is 11.8 Å². The van der Waals surface area contributed by atoms with Crippen molar-refractivity contribution in [3.8, 4) is 0 Å². The topological polar surface area (TPSA) is 193 Å². The van der Waals surface area contributed by atoms with E-state index in [-0.39, 0.29) is 23.1 Å². The van der Waals surface area contributed by atoms with E-state index in [9.17, 15) is 28.0 Å². The first kappa shape index (κ1) is 35.3. The highest BCUT2D eigenvalue weighted by Crippen LogP contribution is 2.71. The lowest BCUT2D eigenvalue weighted by Gasteiger charge is -2.31. The number of hydrogen-bond acceptors (Lipinski definition) is 7. The van der Waals surface area contributed by atoms with Gasteiger partial charge in [-0.05, 0) is 12.8 Å². The predicted octanol–water partition coefficient (Wildman–Crippen LogP) is 6.32. The standard InChI is InChI=1S/C17H41NO10P4S2/c1-3-5-6-7-8-9-10-11-12-13-14-17(4-2)18(33-31(25,26)15-29(19,20)21)34-32(27,28)16-30(22,23)24/h17H,3-16H2,1-2H3,(H,25,26)(H,27,28)(H2,19,20,21)(H2,22,23,24). The monoisotopic (exact) mass is 607 g/mol. The molecule has 3 atom stereocenters. The number of nitrogens with zero attached hydrogens (tertiary/aromatic N) is 1. The van der Waals surface area contributed by atoms with Crippen molar-refractivity contribution >= 4 is 51.5 Å². The van der Waals surface area contributed by atoms with Gasteiger partial charge in [0, 0.05) is 29.2 Å². The van der Waals surface area contributed by atoms with Gasteiger partial charge in [-0.15, -0.1) is 0 Å². The third-order valence-corrected chi connectivity index (χ3v) is 17.8. The minimum atomic E-state index is -4.84. The van der Waals surface area contributed by atoms with Gasteiger partial charge < -0.3 is 29.4 Å². The van der Waals surface area contributed by atoms with Crippen LogP contribution in [0, 0.1) is 0 Å². The van der Waals surface area contributed by atoms with Gasteiger partial charge in [-0.25, -0.2) is 0 Å². The zero-order valence-corrected chi connectivity index (χ0v) is 25.1. The predicted molar refractivity (Wildman–Crippen MR) is 141 cm³/mol. The summed E-state index contributed by atoms with van der Waals surface area (Å²) in [5.41, 5.74) is 0. The summed E-state index contributed by atoms with van der Waals surface area (Å²) in [6.07, 6.45) is 11.9. The SMILES string of the molecule is CCCCCCCCCCCCC(CC)N(SP(=O)(O)CP(=O)(O)O)SP(=O)(O)CP(=O)(O)O. The Morgan fingerprint density at radius 1 is 0.618 bits per heavy atom. The van der Waals surface area contributed by atoms with Gasteiger partial charge in [0.15, 0.2) is 0 Å². The van der Waals surface area contributed by atoms with Crippen LogP contribution in [0.3, 0.4) is 0 Å². The van der Waals surface area contributed by atoms with Gasteiger partial charge in [0.25, 0.3) is 13.1 Å². The van der Waals surface area contributed by atoms with Crippen LogP contribution in [0.25, 0.3) is 0 Å². The van der Waals surface area contributed by atoms with Crippen molar-refractivity contribution in [2.45, 2.75) is 96.9 Å². The third kappa shape index (κ3) is 20.4. The molecule has 0 aliphatic heterocycles. The third-order valence-electron chi connectivity index (χ3n) is 4.80. The fourth-order valence-electron chi connectivity index (χ4n) is 3.24. The quantitative estimate of drug-likeness (QED) is 0.0483. The second-order valence-corrected chi connectivity index (χ2v) is 21.6. The molecule has 17 heteroatoms. The Bertz CT molecular complexity index is 717. The van der Waals surface area contributed by atoms with Crippen LogP contribution in [-0.2, 0) is 18.3 Å². The summed E-state index contributed by atoms with van der Waals surface area (Å²) < 4.78 is 48.3. The molecular weight excluding hydrogens is 566 g/mol. The highest BCUT2D eigenvalue weighted by atomic mass is 32.8. The van der Waals surface area contributed by atoms with E-state index in [1.54, 1.807) is 6.92 Å². The van der Waals surface area contributed by atoms with E-state index in [0.29, 0.717) is 12.8 Å². The molecule has 0 amide bonds. The zero-order valence-electron chi connectivity index (χ0n) is 19.8. The Kier molecular flexibility index (Phi) is 17.7. The van der Waals surface area contributed by atoms with E-state index in [1.165, 1.54) is 32.1 Å². The molecule has 0 aromatic heterocycles. The summed E-state index contributed by atoms with van der Waals surface area (Å²) in [6, 6.07) is -0.515. The van der Waals surface area contributed by atoms with Crippen molar-refractivity contribution < 1.29 is 47.6 Å². The second kappa shape index (κ2) is 17.0. The highest BCUT2D eigenvalue weighted by molar-refractivity contribution is 8.65. The molecule has 0 aliphatic carbocycles. The molecule has 206 valence electrons. The van der Waals surface area contributed by atoms with Crippen LogP contribution in [0.15, 0.2) is 0 Å². The molecule has 34 heavy (non-hydrogen) atoms. The van der Waals surface area contributed by atoms with Gasteiger partial charge in [-0.2, -0.15) is 3.71 Å². The van der Waals surface area contributed by atoms with E-state index in [1.807, 2.05) is 0 Å². The molecule has 0 aromatic carbocycles. The Hall–Kier alpha value is 1.34. The van der Waals surface area contributed by atoms with Crippen molar-refractivity contribution in [1.82, 2.24) is 3.71 Å². The van der Waals surface area contributed by atoms with Gasteiger partial charge in [0.2, 0.25) is 0 Å². The first-order valence-electron chi connectivity index (χ1n) is 11.4. The second-order valence-electron chi connectivity index (χ2n) is 8.37. The lowest BCUT2D eigenvalue weighted by Crippen LogP contribution is -2.23. The van der Waals surface area contributed by atoms with E-state index in [0.717, 1.165) is 35.8 Å². The molecule has 11 nitrogen and oxygen atoms in total. The molecule has 0 radical (unpaired) electrons. The Morgan fingerprint density at radius 3 is 1.29 bits per heavy atom. The van der Waals surface area contributed by atoms with Crippen molar-refractivity contribution in [1.29, 1.82) is 0 Å². The minimum absolute atomic E-state index is 0.171. The molecule has 0 saturated heterocycles. The summed E-state index contributed by atoms with van der Waals surface area (Å²) in [4.78, 5) is 56.5. The smallest absolute Gasteiger partial charge is 0.336 e. The van der Waals surface area contributed by atoms with E-state index in [2.05, 4.69) is 6.92 Å². The largest absolute Gasteiger partial charge is 0.336 e. The number of rotatable bonds is 21. The minimum Gasteiger partial charge on any atom is -0.336 e. The normalized spacial score (nSPS) is 17.4. The molecule has 0 saturated carbocycles. The average molecular weight is 608 g/mol. The van der Waals surface area contributed by atoms with Crippen LogP contribution >= 0.6 is 51.5 Å². The summed E-state index contributed by atoms with van der Waals surface area (Å²) in [7, 11) is -9.68. The van der Waals surface area contributed by atoms with Crippen molar-refractivity contribution in [2.24, 2.45) is 0 Å². The maximum Gasteiger partial charge on any atom is 0.336 e. The Balaban J connectivity index is 5.02. The summed E-state index contributed by atoms with van der Waals surface area (Å²) in [5.74, 6) is -2.63. The van der Waals surface area contributed by atoms with Crippen LogP contribution in [-0.4, -0.2) is 50.9 Å². The molecular formula is C17H41NO10P4S2. The lowest BCUT2D eigenvalue weighted by molar-refractivity contribution is 0.374. The molecule has 0 heterocycles. The zero-order chi connectivity index (χ0) is 26.5. The first-order valence-corrected chi connectivity index (χ1v) is 21.5. The fraction of sp³-hybridized carbons (Fsp3) is 1.00. The van der Waals surface area contributed by atoms with Crippen LogP contribution in [0.5, 0.6) is 0 Å². The summed E-state index contributed by atoms with van der Waals surface area (Å²) >= 11 is 0.341. The van der Waals surface area contributed by atoms with Crippen LogP contribution < -0.4 is 0 Å². The fourth-order valence-corrected chi connectivity index (χ4v) is 17.7. The molecule has 0 rings (SSSR count). The van der Waals surface area contributed by atoms with Gasteiger partial charge in [0.05, 0.1) is 0 Å². The highest BCUT2D eigenvalue weighted by Gasteiger charge is 2.40. The Labute approximate surface area is 211 Å². The Morgan fingerprint density at radius 2 is 0.971 bits per heavy atom. The van der Waals surface area contributed by atoms with Crippen molar-refractivity contribution in [3.05, 3.63) is 0 Å². The van der Waals surface area contributed by atoms with Crippen LogP contribution in [0.4, 0.5) is 0 Å². The van der Waals surface area contributed by atoms with Crippen molar-refractivity contribution in [3.63, 3.8) is 0 Å². The van der Waals surface area contributed by atoms with Gasteiger partial charge in [-0.3, -0.25) is 18.3 Å². The molecule has 3 unspecified atom stereocenters. The molecule has 0 fully saturated rings. The van der Waals surface area contributed by atoms with Gasteiger partial charge >= 0.3 is 15.2 Å². The van der Waals surface area contributed by atoms with E-state index >= 15 is 0 Å². The van der Waals surface area contributed by atoms with E-state index in [4.69, 9.17) is 19.6 Å². The summed E-state index contributed by atoms with van der Waals surface area (Å²) in [5, 5.41) is 0. The van der Waals surface area contributed by atoms with Crippen molar-refractivity contribution in [2.75, 3.05) is 11.8 Å². The molecule has 6 N–H and O–H groups in total. The van der Waals surface area contributed by atoms with Crippen LogP contribution in [0.1, 0.15) is 90.9 Å². The summed E-state index contributed by atoms with van der Waals surface area (Å²) in [6.45, 7) is -5.08. The average Bonchev–Trinajstić information content (AvgIpc) is 2.61. The van der Waals surface area contributed by atoms with E-state index < -0.39 is 46.2 Å². The number of unbranched alkanes of at least 4 members (excludes halogenated alkanes) is 9. The molecule has 0 aromatic rings. The molecule has 0 spiro atoms. The first-order chi connectivity index (χ1) is 15.5. The maximum atomic E-state index is 12.4. The van der Waals surface area contributed by atoms with Gasteiger partial charge in [-0.1, -0.05) is 78.1 Å². The lowest BCUT2D eigenvalue weighted by atomic mass is 10.0. The maximum absolute atomic E-state index is 12.4. The molecule has 0 aliphatic rings.